The lowest BCUT2D eigenvalue weighted by Gasteiger charge is -2.41. The van der Waals surface area contributed by atoms with Crippen molar-refractivity contribution in [2.24, 2.45) is 0 Å². The van der Waals surface area contributed by atoms with Crippen LogP contribution in [0, 0.1) is 0 Å². The summed E-state index contributed by atoms with van der Waals surface area (Å²) in [6.07, 6.45) is 4.71. The van der Waals surface area contributed by atoms with E-state index in [0.717, 1.165) is 10.9 Å². The van der Waals surface area contributed by atoms with Crippen molar-refractivity contribution in [1.29, 1.82) is 0 Å². The van der Waals surface area contributed by atoms with Crippen LogP contribution in [0.15, 0.2) is 113 Å². The van der Waals surface area contributed by atoms with Gasteiger partial charge >= 0.3 is 0 Å². The van der Waals surface area contributed by atoms with Gasteiger partial charge in [0, 0.05) is 118 Å². The number of benzene rings is 2. The van der Waals surface area contributed by atoms with Gasteiger partial charge in [-0.25, -0.2) is 25.6 Å². The first kappa shape index (κ1) is 49.5. The smallest absolute Gasteiger partial charge is 0.266 e. The number of nitrogens with one attached hydrogen (secondary N) is 2. The van der Waals surface area contributed by atoms with Gasteiger partial charge in [-0.05, 0) is 79.1 Å². The Kier molecular flexibility index (Phi) is 13.1. The van der Waals surface area contributed by atoms with Gasteiger partial charge in [0.05, 0.1) is 59.4 Å². The number of carbonyl (C=O) groups is 2. The molecule has 4 aliphatic rings. The van der Waals surface area contributed by atoms with E-state index in [9.17, 15) is 26.8 Å². The summed E-state index contributed by atoms with van der Waals surface area (Å²) < 4.78 is 101. The summed E-state index contributed by atoms with van der Waals surface area (Å²) >= 11 is 0. The molecule has 22 heteroatoms. The van der Waals surface area contributed by atoms with Crippen LogP contribution in [0.4, 0.5) is 14.5 Å². The highest BCUT2D eigenvalue weighted by atomic mass is 32.2. The molecule has 386 valence electrons. The lowest BCUT2D eigenvalue weighted by molar-refractivity contribution is -0.142. The molecule has 7 aromatic rings. The number of anilines is 1. The first-order chi connectivity index (χ1) is 35.6. The zero-order valence-corrected chi connectivity index (χ0v) is 42.3. The minimum atomic E-state index is -4.44. The Labute approximate surface area is 426 Å². The lowest BCUT2D eigenvalue weighted by Crippen LogP contribution is -2.60. The molecule has 4 saturated heterocycles. The SMILES string of the molecule is COCCN(C)C(=O)[C@@H]1CC(c2ccc(-c3ncc(S(=O)(=O)N4CC[C@H]4C(=O)N4CCOCC4)cc3-c3cc4ccccc4[nH]3)nc2)CN1S(=O)(=O)c1ccc(N2CCC(F)(F)C2)c(-c2cc3ncccc3[nH]2)c1. The largest absolute Gasteiger partial charge is 0.383 e. The van der Waals surface area contributed by atoms with Gasteiger partial charge in [-0.2, -0.15) is 8.61 Å². The molecule has 9 heterocycles. The highest BCUT2D eigenvalue weighted by Crippen LogP contribution is 2.43. The Morgan fingerprint density at radius 1 is 0.811 bits per heavy atom. The van der Waals surface area contributed by atoms with Gasteiger partial charge in [-0.15, -0.1) is 0 Å². The lowest BCUT2D eigenvalue weighted by atomic mass is 9.96. The molecule has 2 N–H and O–H groups in total. The first-order valence-corrected chi connectivity index (χ1v) is 27.4. The number of likely N-dealkylation sites (N-methyl/N-ethyl adjacent to an activating group) is 1. The number of H-pyrrole nitrogens is 2. The zero-order valence-electron chi connectivity index (χ0n) is 40.7. The molecule has 0 radical (unpaired) electrons. The maximum absolute atomic E-state index is 15.1. The molecule has 3 atom stereocenters. The van der Waals surface area contributed by atoms with E-state index in [-0.39, 0.29) is 61.3 Å². The number of alkyl halides is 2. The van der Waals surface area contributed by atoms with E-state index in [1.807, 2.05) is 42.5 Å². The van der Waals surface area contributed by atoms with Gasteiger partial charge in [0.1, 0.15) is 17.0 Å². The second-order valence-electron chi connectivity index (χ2n) is 19.3. The number of morpholine rings is 1. The van der Waals surface area contributed by atoms with Crippen LogP contribution >= 0.6 is 0 Å². The first-order valence-electron chi connectivity index (χ1n) is 24.5. The van der Waals surface area contributed by atoms with E-state index in [1.54, 1.807) is 59.6 Å². The second kappa shape index (κ2) is 19.5. The summed E-state index contributed by atoms with van der Waals surface area (Å²) in [6.45, 7) is 1.67. The van der Waals surface area contributed by atoms with Gasteiger partial charge in [0.2, 0.25) is 31.9 Å². The van der Waals surface area contributed by atoms with Gasteiger partial charge in [0.25, 0.3) is 5.92 Å². The molecule has 74 heavy (non-hydrogen) atoms. The number of pyridine rings is 3. The third kappa shape index (κ3) is 9.20. The normalized spacial score (nSPS) is 20.6. The number of amides is 2. The predicted octanol–water partition coefficient (Wildman–Crippen LogP) is 5.95. The van der Waals surface area contributed by atoms with Gasteiger partial charge in [-0.3, -0.25) is 24.5 Å². The minimum Gasteiger partial charge on any atom is -0.383 e. The van der Waals surface area contributed by atoms with Crippen LogP contribution in [0.2, 0.25) is 0 Å². The topological polar surface area (TPSA) is 207 Å². The molecule has 1 unspecified atom stereocenters. The number of rotatable bonds is 14. The van der Waals surface area contributed by atoms with E-state index < -0.39 is 56.4 Å². The molecule has 0 saturated carbocycles. The van der Waals surface area contributed by atoms with E-state index in [0.29, 0.717) is 88.9 Å². The Hall–Kier alpha value is -6.69. The average Bonchev–Trinajstić information content (AvgIpc) is 4.22. The quantitative estimate of drug-likeness (QED) is 0.130. The molecule has 4 aliphatic heterocycles. The van der Waals surface area contributed by atoms with Crippen LogP contribution in [-0.2, 0) is 39.1 Å². The Morgan fingerprint density at radius 2 is 1.57 bits per heavy atom. The number of nitrogens with zero attached hydrogens (tertiary/aromatic N) is 8. The van der Waals surface area contributed by atoms with Crippen molar-refractivity contribution in [3.63, 3.8) is 0 Å². The number of fused-ring (bicyclic) bond motifs is 2. The Morgan fingerprint density at radius 3 is 2.28 bits per heavy atom. The number of halogens is 2. The summed E-state index contributed by atoms with van der Waals surface area (Å²) in [7, 11) is -5.50. The number of ether oxygens (including phenoxy) is 2. The number of hydrogen-bond donors (Lipinski definition) is 2. The molecule has 2 aromatic carbocycles. The van der Waals surface area contributed by atoms with Crippen molar-refractivity contribution in [3.05, 3.63) is 109 Å². The average molecular weight is 1050 g/mol. The number of sulfonamides is 2. The van der Waals surface area contributed by atoms with Crippen molar-refractivity contribution in [2.75, 3.05) is 84.7 Å². The van der Waals surface area contributed by atoms with Gasteiger partial charge in [-0.1, -0.05) is 24.3 Å². The monoisotopic (exact) mass is 1050 g/mol. The molecule has 11 rings (SSSR count). The van der Waals surface area contributed by atoms with E-state index in [1.165, 1.54) is 38.9 Å². The summed E-state index contributed by atoms with van der Waals surface area (Å²) in [5, 5.41) is 0.889. The minimum absolute atomic E-state index is 0.0710. The molecule has 18 nitrogen and oxygen atoms in total. The molecular weight excluding hydrogens is 995 g/mol. The van der Waals surface area contributed by atoms with Crippen LogP contribution in [0.5, 0.6) is 0 Å². The number of aromatic nitrogens is 5. The van der Waals surface area contributed by atoms with Crippen molar-refractivity contribution >= 4 is 59.5 Å². The molecule has 0 bridgehead atoms. The van der Waals surface area contributed by atoms with E-state index in [4.69, 9.17) is 19.4 Å². The summed E-state index contributed by atoms with van der Waals surface area (Å²) in [5.74, 6) is -4.09. The number of carbonyl (C=O) groups excluding carboxylic acids is 2. The summed E-state index contributed by atoms with van der Waals surface area (Å²) in [6, 6.07) is 22.5. The van der Waals surface area contributed by atoms with Crippen molar-refractivity contribution in [2.45, 2.75) is 53.0 Å². The maximum Gasteiger partial charge on any atom is 0.266 e. The van der Waals surface area contributed by atoms with Crippen LogP contribution in [-0.4, -0.2) is 170 Å². The third-order valence-corrected chi connectivity index (χ3v) is 18.4. The molecular formula is C52H54F2N10O8S2. The summed E-state index contributed by atoms with van der Waals surface area (Å²) in [4.78, 5) is 53.0. The predicted molar refractivity (Wildman–Crippen MR) is 272 cm³/mol. The Balaban J connectivity index is 0.922. The number of methoxy groups -OCH3 is 1. The van der Waals surface area contributed by atoms with Crippen molar-refractivity contribution < 1.29 is 44.7 Å². The fourth-order valence-electron chi connectivity index (χ4n) is 10.5. The van der Waals surface area contributed by atoms with Gasteiger partial charge < -0.3 is 34.1 Å². The fraction of sp³-hybridized carbons (Fsp3) is 0.365. The number of hydrogen-bond acceptors (Lipinski definition) is 12. The molecule has 0 aliphatic carbocycles. The second-order valence-corrected chi connectivity index (χ2v) is 23.1. The van der Waals surface area contributed by atoms with Crippen molar-refractivity contribution in [1.82, 2.24) is 43.3 Å². The highest BCUT2D eigenvalue weighted by molar-refractivity contribution is 7.89. The van der Waals surface area contributed by atoms with Crippen LogP contribution < -0.4 is 4.90 Å². The fourth-order valence-corrected chi connectivity index (χ4v) is 13.8. The highest BCUT2D eigenvalue weighted by Gasteiger charge is 2.47. The van der Waals surface area contributed by atoms with Crippen LogP contribution in [0.25, 0.3) is 55.8 Å². The van der Waals surface area contributed by atoms with Crippen molar-refractivity contribution in [3.8, 4) is 33.9 Å². The maximum atomic E-state index is 15.1. The number of aromatic amines is 2. The zero-order chi connectivity index (χ0) is 51.5. The van der Waals surface area contributed by atoms with E-state index >= 15 is 8.42 Å². The molecule has 4 fully saturated rings. The number of para-hydroxylation sites is 1. The van der Waals surface area contributed by atoms with Gasteiger partial charge in [0.15, 0.2) is 0 Å². The summed E-state index contributed by atoms with van der Waals surface area (Å²) in [5.41, 5.74) is 5.92. The third-order valence-electron chi connectivity index (χ3n) is 14.7. The molecule has 2 amide bonds. The van der Waals surface area contributed by atoms with Crippen LogP contribution in [0.1, 0.15) is 30.7 Å². The standard InChI is InChI=1S/C52H54F2N10O8S2/c1-60(18-21-71-2)50(65)48-25-35(31-64(48)73(67,68)36-10-12-46(62-17-14-52(53,54)32-62)38(26-36)44-28-45-41(59-44)8-5-15-55-45)34-9-11-42(56-29-34)49-39(43-24-33-6-3-4-7-40(33)58-43)27-37(30-57-49)74(69,70)63-16-13-47(63)51(66)61-19-22-72-23-20-61/h3-12,15,24,26-30,35,47-48,58-59H,13-14,16-23,25,31-32H2,1-2H3/t35?,47-,48-/m0/s1. The molecule has 0 spiro atoms. The molecule has 5 aromatic heterocycles. The van der Waals surface area contributed by atoms with E-state index in [2.05, 4.69) is 15.0 Å². The van der Waals surface area contributed by atoms with Crippen LogP contribution in [0.3, 0.4) is 0 Å². The Bertz CT molecular complexity index is 3450.